The minimum Gasteiger partial charge on any atom is -0.495 e. The van der Waals surface area contributed by atoms with Crippen LogP contribution in [0.15, 0.2) is 40.9 Å². The van der Waals surface area contributed by atoms with Crippen LogP contribution in [0.4, 0.5) is 11.4 Å². The smallest absolute Gasteiger partial charge is 0.250 e. The molecule has 8 heteroatoms. The molecular formula is C22H23BrClN3O3. The number of amides is 2. The van der Waals surface area contributed by atoms with E-state index < -0.39 is 11.5 Å². The molecular weight excluding hydrogens is 470 g/mol. The molecule has 2 aromatic rings. The SMILES string of the molecule is COc1ccc(Cl)cc1NC(=O)C1CC(C(C)C)NC12C(=O)Nc1ccc(Br)cc12. The van der Waals surface area contributed by atoms with Gasteiger partial charge < -0.3 is 15.4 Å². The fourth-order valence-corrected chi connectivity index (χ4v) is 4.94. The van der Waals surface area contributed by atoms with Crippen LogP contribution in [-0.2, 0) is 15.1 Å². The molecule has 3 unspecified atom stereocenters. The van der Waals surface area contributed by atoms with Crippen molar-refractivity contribution in [2.24, 2.45) is 11.8 Å². The summed E-state index contributed by atoms with van der Waals surface area (Å²) in [7, 11) is 1.53. The molecule has 1 saturated heterocycles. The van der Waals surface area contributed by atoms with Crippen molar-refractivity contribution < 1.29 is 14.3 Å². The first-order valence-corrected chi connectivity index (χ1v) is 11.0. The molecule has 3 atom stereocenters. The lowest BCUT2D eigenvalue weighted by atomic mass is 9.79. The number of benzene rings is 2. The highest BCUT2D eigenvalue weighted by Crippen LogP contribution is 2.49. The number of rotatable bonds is 4. The highest BCUT2D eigenvalue weighted by molar-refractivity contribution is 9.10. The summed E-state index contributed by atoms with van der Waals surface area (Å²) in [4.78, 5) is 26.8. The molecule has 0 bridgehead atoms. The Morgan fingerprint density at radius 2 is 2.07 bits per heavy atom. The minimum atomic E-state index is -1.13. The van der Waals surface area contributed by atoms with E-state index in [-0.39, 0.29) is 23.8 Å². The van der Waals surface area contributed by atoms with Crippen molar-refractivity contribution in [2.45, 2.75) is 31.8 Å². The minimum absolute atomic E-state index is 0.0117. The van der Waals surface area contributed by atoms with Crippen LogP contribution in [0.25, 0.3) is 0 Å². The molecule has 2 aromatic carbocycles. The summed E-state index contributed by atoms with van der Waals surface area (Å²) in [5.74, 6) is -0.313. The lowest BCUT2D eigenvalue weighted by molar-refractivity contribution is -0.130. The molecule has 30 heavy (non-hydrogen) atoms. The third-order valence-corrected chi connectivity index (χ3v) is 6.71. The normalized spacial score (nSPS) is 24.8. The highest BCUT2D eigenvalue weighted by Gasteiger charge is 2.60. The van der Waals surface area contributed by atoms with Gasteiger partial charge in [-0.15, -0.1) is 0 Å². The van der Waals surface area contributed by atoms with Gasteiger partial charge in [0, 0.05) is 26.8 Å². The van der Waals surface area contributed by atoms with E-state index in [1.54, 1.807) is 18.2 Å². The van der Waals surface area contributed by atoms with Crippen molar-refractivity contribution in [3.63, 3.8) is 0 Å². The maximum Gasteiger partial charge on any atom is 0.250 e. The van der Waals surface area contributed by atoms with Crippen molar-refractivity contribution in [2.75, 3.05) is 17.7 Å². The molecule has 2 heterocycles. The average molecular weight is 493 g/mol. The zero-order valence-electron chi connectivity index (χ0n) is 16.9. The molecule has 4 rings (SSSR count). The summed E-state index contributed by atoms with van der Waals surface area (Å²) in [5.41, 5.74) is 0.844. The molecule has 0 aromatic heterocycles. The highest BCUT2D eigenvalue weighted by atomic mass is 79.9. The molecule has 6 nitrogen and oxygen atoms in total. The van der Waals surface area contributed by atoms with Crippen molar-refractivity contribution in [3.05, 3.63) is 51.5 Å². The van der Waals surface area contributed by atoms with Gasteiger partial charge in [-0.2, -0.15) is 0 Å². The number of ether oxygens (including phenoxy) is 1. The summed E-state index contributed by atoms with van der Waals surface area (Å²) < 4.78 is 6.21. The largest absolute Gasteiger partial charge is 0.495 e. The van der Waals surface area contributed by atoms with E-state index >= 15 is 0 Å². The summed E-state index contributed by atoms with van der Waals surface area (Å²) >= 11 is 9.62. The molecule has 0 saturated carbocycles. The monoisotopic (exact) mass is 491 g/mol. The van der Waals surface area contributed by atoms with E-state index in [1.165, 1.54) is 7.11 Å². The van der Waals surface area contributed by atoms with Gasteiger partial charge in [0.1, 0.15) is 11.3 Å². The number of nitrogens with one attached hydrogen (secondary N) is 3. The Balaban J connectivity index is 1.76. The van der Waals surface area contributed by atoms with E-state index in [2.05, 4.69) is 45.7 Å². The Bertz CT molecular complexity index is 1030. The second kappa shape index (κ2) is 7.87. The van der Waals surface area contributed by atoms with E-state index in [4.69, 9.17) is 16.3 Å². The Labute approximate surface area is 188 Å². The van der Waals surface area contributed by atoms with Crippen LogP contribution < -0.4 is 20.7 Å². The maximum atomic E-state index is 13.5. The molecule has 2 amide bonds. The molecule has 158 valence electrons. The average Bonchev–Trinajstić information content (AvgIpc) is 3.23. The Kier molecular flexibility index (Phi) is 5.55. The number of fused-ring (bicyclic) bond motifs is 2. The number of carbonyl (C=O) groups is 2. The second-order valence-electron chi connectivity index (χ2n) is 8.07. The number of hydrogen-bond donors (Lipinski definition) is 3. The predicted molar refractivity (Wildman–Crippen MR) is 121 cm³/mol. The summed E-state index contributed by atoms with van der Waals surface area (Å²) in [6.45, 7) is 4.17. The molecule has 1 spiro atoms. The fourth-order valence-electron chi connectivity index (χ4n) is 4.41. The van der Waals surface area contributed by atoms with Crippen LogP contribution >= 0.6 is 27.5 Å². The third kappa shape index (κ3) is 3.39. The van der Waals surface area contributed by atoms with Gasteiger partial charge in [0.2, 0.25) is 11.8 Å². The van der Waals surface area contributed by atoms with Gasteiger partial charge >= 0.3 is 0 Å². The van der Waals surface area contributed by atoms with Crippen molar-refractivity contribution >= 4 is 50.7 Å². The van der Waals surface area contributed by atoms with Crippen LogP contribution in [0, 0.1) is 11.8 Å². The van der Waals surface area contributed by atoms with E-state index in [9.17, 15) is 9.59 Å². The van der Waals surface area contributed by atoms with Crippen molar-refractivity contribution in [1.29, 1.82) is 0 Å². The Hall–Kier alpha value is -2.09. The molecule has 1 fully saturated rings. The molecule has 3 N–H and O–H groups in total. The van der Waals surface area contributed by atoms with Crippen LogP contribution in [-0.4, -0.2) is 25.0 Å². The van der Waals surface area contributed by atoms with E-state index in [0.29, 0.717) is 22.9 Å². The Morgan fingerprint density at radius 1 is 1.30 bits per heavy atom. The number of methoxy groups -OCH3 is 1. The zero-order valence-corrected chi connectivity index (χ0v) is 19.2. The second-order valence-corrected chi connectivity index (χ2v) is 9.42. The fraction of sp³-hybridized carbons (Fsp3) is 0.364. The lowest BCUT2D eigenvalue weighted by Gasteiger charge is -2.30. The standard InChI is InChI=1S/C22H23BrClN3O3/c1-11(2)17-10-15(20(28)25-18-9-13(24)5-7-19(18)30-3)22(27-17)14-8-12(23)4-6-16(14)26-21(22)29/h4-9,11,15,17,27H,10H2,1-3H3,(H,25,28)(H,26,29). The number of anilines is 2. The van der Waals surface area contributed by atoms with Gasteiger partial charge in [0.05, 0.1) is 18.7 Å². The topological polar surface area (TPSA) is 79.5 Å². The predicted octanol–water partition coefficient (Wildman–Crippen LogP) is 4.53. The van der Waals surface area contributed by atoms with Crippen LogP contribution in [0.5, 0.6) is 5.75 Å². The number of hydrogen-bond acceptors (Lipinski definition) is 4. The first kappa shape index (κ1) is 21.2. The van der Waals surface area contributed by atoms with Gasteiger partial charge in [0.25, 0.3) is 0 Å². The van der Waals surface area contributed by atoms with E-state index in [1.807, 2.05) is 18.2 Å². The summed E-state index contributed by atoms with van der Waals surface area (Å²) in [6, 6.07) is 10.7. The number of halogens is 2. The van der Waals surface area contributed by atoms with Crippen LogP contribution in [0.2, 0.25) is 5.02 Å². The van der Waals surface area contributed by atoms with Gasteiger partial charge in [0.15, 0.2) is 0 Å². The number of carbonyl (C=O) groups excluding carboxylic acids is 2. The molecule has 2 aliphatic rings. The van der Waals surface area contributed by atoms with Gasteiger partial charge in [-0.3, -0.25) is 14.9 Å². The van der Waals surface area contributed by atoms with Crippen LogP contribution in [0.3, 0.4) is 0 Å². The maximum absolute atomic E-state index is 13.5. The first-order chi connectivity index (χ1) is 14.3. The zero-order chi connectivity index (χ0) is 21.6. The molecule has 0 aliphatic carbocycles. The molecule has 2 aliphatic heterocycles. The van der Waals surface area contributed by atoms with E-state index in [0.717, 1.165) is 15.7 Å². The molecule has 0 radical (unpaired) electrons. The first-order valence-electron chi connectivity index (χ1n) is 9.80. The van der Waals surface area contributed by atoms with Gasteiger partial charge in [-0.1, -0.05) is 41.4 Å². The summed E-state index contributed by atoms with van der Waals surface area (Å²) in [5, 5.41) is 9.88. The van der Waals surface area contributed by atoms with Crippen molar-refractivity contribution in [1.82, 2.24) is 5.32 Å². The quantitative estimate of drug-likeness (QED) is 0.586. The third-order valence-electron chi connectivity index (χ3n) is 5.98. The Morgan fingerprint density at radius 3 is 2.77 bits per heavy atom. The van der Waals surface area contributed by atoms with Crippen LogP contribution in [0.1, 0.15) is 25.8 Å². The van der Waals surface area contributed by atoms with Gasteiger partial charge in [-0.05, 0) is 48.7 Å². The lowest BCUT2D eigenvalue weighted by Crippen LogP contribution is -2.52. The van der Waals surface area contributed by atoms with Crippen molar-refractivity contribution in [3.8, 4) is 5.75 Å². The van der Waals surface area contributed by atoms with Gasteiger partial charge in [-0.25, -0.2) is 0 Å². The summed E-state index contributed by atoms with van der Waals surface area (Å²) in [6.07, 6.45) is 0.533.